The standard InChI is InChI=1S/C16H15ClN2O4S/c1-11-8-13(19(20)21)9-14(17)16(11)18-6-7-24(22,23)15-5-3-2-4-12(15)10-18/h2-5,8-9H,6-7,10H2,1H3. The number of fused-ring (bicyclic) bond motifs is 1. The third-order valence-electron chi connectivity index (χ3n) is 4.06. The van der Waals surface area contributed by atoms with Crippen LogP contribution in [-0.2, 0) is 16.4 Å². The number of sulfone groups is 1. The topological polar surface area (TPSA) is 80.5 Å². The first-order valence-corrected chi connectivity index (χ1v) is 9.33. The lowest BCUT2D eigenvalue weighted by molar-refractivity contribution is -0.384. The summed E-state index contributed by atoms with van der Waals surface area (Å²) in [6, 6.07) is 9.64. The molecule has 3 rings (SSSR count). The van der Waals surface area contributed by atoms with Crippen molar-refractivity contribution in [2.24, 2.45) is 0 Å². The van der Waals surface area contributed by atoms with Crippen molar-refractivity contribution >= 4 is 32.8 Å². The summed E-state index contributed by atoms with van der Waals surface area (Å²) in [5.74, 6) is -0.0310. The zero-order chi connectivity index (χ0) is 17.5. The highest BCUT2D eigenvalue weighted by Crippen LogP contribution is 2.36. The number of aryl methyl sites for hydroxylation is 1. The van der Waals surface area contributed by atoms with Gasteiger partial charge in [-0.05, 0) is 24.1 Å². The molecule has 8 heteroatoms. The number of benzene rings is 2. The zero-order valence-corrected chi connectivity index (χ0v) is 14.5. The maximum absolute atomic E-state index is 12.4. The van der Waals surface area contributed by atoms with Crippen molar-refractivity contribution in [3.05, 3.63) is 62.7 Å². The van der Waals surface area contributed by atoms with E-state index in [-0.39, 0.29) is 23.0 Å². The van der Waals surface area contributed by atoms with E-state index in [4.69, 9.17) is 11.6 Å². The number of nitro groups is 1. The SMILES string of the molecule is Cc1cc([N+](=O)[O-])cc(Cl)c1N1CCS(=O)(=O)c2ccccc2C1. The van der Waals surface area contributed by atoms with E-state index in [1.165, 1.54) is 12.1 Å². The van der Waals surface area contributed by atoms with Gasteiger partial charge in [-0.3, -0.25) is 10.1 Å². The van der Waals surface area contributed by atoms with Crippen molar-refractivity contribution in [1.82, 2.24) is 0 Å². The number of rotatable bonds is 2. The number of anilines is 1. The Labute approximate surface area is 144 Å². The lowest BCUT2D eigenvalue weighted by atomic mass is 10.1. The Balaban J connectivity index is 2.08. The Bertz CT molecular complexity index is 904. The van der Waals surface area contributed by atoms with Crippen LogP contribution in [0.4, 0.5) is 11.4 Å². The van der Waals surface area contributed by atoms with Gasteiger partial charge >= 0.3 is 0 Å². The first kappa shape index (κ1) is 16.7. The van der Waals surface area contributed by atoms with Gasteiger partial charge in [0.1, 0.15) is 0 Å². The number of hydrogen-bond acceptors (Lipinski definition) is 5. The molecule has 24 heavy (non-hydrogen) atoms. The molecule has 0 unspecified atom stereocenters. The van der Waals surface area contributed by atoms with Crippen LogP contribution >= 0.6 is 11.6 Å². The molecule has 0 amide bonds. The largest absolute Gasteiger partial charge is 0.365 e. The first-order chi connectivity index (χ1) is 11.3. The van der Waals surface area contributed by atoms with Crippen LogP contribution < -0.4 is 4.90 Å². The van der Waals surface area contributed by atoms with Gasteiger partial charge in [-0.15, -0.1) is 0 Å². The van der Waals surface area contributed by atoms with Crippen molar-refractivity contribution in [3.8, 4) is 0 Å². The summed E-state index contributed by atoms with van der Waals surface area (Å²) in [6.07, 6.45) is 0. The molecule has 2 aromatic carbocycles. The number of nitro benzene ring substituents is 1. The highest BCUT2D eigenvalue weighted by Gasteiger charge is 2.27. The maximum atomic E-state index is 12.4. The second-order valence-corrected chi connectivity index (χ2v) is 8.18. The van der Waals surface area contributed by atoms with E-state index in [2.05, 4.69) is 0 Å². The normalized spacial score (nSPS) is 16.3. The molecule has 1 aliphatic rings. The van der Waals surface area contributed by atoms with E-state index < -0.39 is 14.8 Å². The Morgan fingerprint density at radius 3 is 2.62 bits per heavy atom. The summed E-state index contributed by atoms with van der Waals surface area (Å²) in [5, 5.41) is 11.2. The smallest absolute Gasteiger partial charge is 0.271 e. The van der Waals surface area contributed by atoms with Crippen molar-refractivity contribution < 1.29 is 13.3 Å². The minimum atomic E-state index is -3.36. The van der Waals surface area contributed by atoms with Gasteiger partial charge in [0.2, 0.25) is 0 Å². The van der Waals surface area contributed by atoms with Crippen LogP contribution in [0.3, 0.4) is 0 Å². The van der Waals surface area contributed by atoms with Gasteiger partial charge in [-0.25, -0.2) is 8.42 Å². The summed E-state index contributed by atoms with van der Waals surface area (Å²) >= 11 is 6.27. The van der Waals surface area contributed by atoms with Crippen LogP contribution in [0, 0.1) is 17.0 Å². The van der Waals surface area contributed by atoms with Gasteiger partial charge in [-0.1, -0.05) is 29.8 Å². The zero-order valence-electron chi connectivity index (χ0n) is 12.9. The van der Waals surface area contributed by atoms with Crippen molar-refractivity contribution in [2.45, 2.75) is 18.4 Å². The molecule has 0 spiro atoms. The first-order valence-electron chi connectivity index (χ1n) is 7.30. The molecule has 126 valence electrons. The lowest BCUT2D eigenvalue weighted by Gasteiger charge is -2.25. The molecule has 0 N–H and O–H groups in total. The van der Waals surface area contributed by atoms with Crippen LogP contribution in [0.25, 0.3) is 0 Å². The molecule has 1 heterocycles. The Kier molecular flexibility index (Phi) is 4.23. The van der Waals surface area contributed by atoms with E-state index in [1.54, 1.807) is 31.2 Å². The fourth-order valence-electron chi connectivity index (χ4n) is 2.98. The molecular weight excluding hydrogens is 352 g/mol. The summed E-state index contributed by atoms with van der Waals surface area (Å²) < 4.78 is 24.9. The average Bonchev–Trinajstić information content (AvgIpc) is 2.64. The molecule has 0 radical (unpaired) electrons. The van der Waals surface area contributed by atoms with Gasteiger partial charge in [0.25, 0.3) is 5.69 Å². The molecule has 0 aliphatic carbocycles. The average molecular weight is 367 g/mol. The highest BCUT2D eigenvalue weighted by atomic mass is 35.5. The summed E-state index contributed by atoms with van der Waals surface area (Å²) in [7, 11) is -3.36. The number of halogens is 1. The molecule has 0 bridgehead atoms. The quantitative estimate of drug-likeness (QED) is 0.601. The molecule has 1 aliphatic heterocycles. The second-order valence-electron chi connectivity index (χ2n) is 5.70. The molecular formula is C16H15ClN2O4S. The lowest BCUT2D eigenvalue weighted by Crippen LogP contribution is -2.26. The fourth-order valence-corrected chi connectivity index (χ4v) is 4.86. The Morgan fingerprint density at radius 1 is 1.25 bits per heavy atom. The summed E-state index contributed by atoms with van der Waals surface area (Å²) in [4.78, 5) is 12.7. The summed E-state index contributed by atoms with van der Waals surface area (Å²) in [6.45, 7) is 2.39. The highest BCUT2D eigenvalue weighted by molar-refractivity contribution is 7.91. The van der Waals surface area contributed by atoms with Crippen LogP contribution in [0.5, 0.6) is 0 Å². The molecule has 0 saturated heterocycles. The molecule has 6 nitrogen and oxygen atoms in total. The van der Waals surface area contributed by atoms with Crippen molar-refractivity contribution in [3.63, 3.8) is 0 Å². The van der Waals surface area contributed by atoms with Crippen molar-refractivity contribution in [1.29, 1.82) is 0 Å². The predicted octanol–water partition coefficient (Wildman–Crippen LogP) is 3.35. The van der Waals surface area contributed by atoms with Crippen LogP contribution in [0.1, 0.15) is 11.1 Å². The van der Waals surface area contributed by atoms with Gasteiger partial charge in [0.15, 0.2) is 9.84 Å². The molecule has 0 saturated carbocycles. The Morgan fingerprint density at radius 2 is 1.96 bits per heavy atom. The summed E-state index contributed by atoms with van der Waals surface area (Å²) in [5.41, 5.74) is 1.90. The van der Waals surface area contributed by atoms with Gasteiger partial charge in [0.05, 0.1) is 26.3 Å². The second kappa shape index (κ2) is 6.07. The molecule has 2 aromatic rings. The van der Waals surface area contributed by atoms with E-state index >= 15 is 0 Å². The van der Waals surface area contributed by atoms with Crippen LogP contribution in [0.2, 0.25) is 5.02 Å². The number of hydrogen-bond donors (Lipinski definition) is 0. The van der Waals surface area contributed by atoms with E-state index in [0.717, 1.165) is 0 Å². The third kappa shape index (κ3) is 2.97. The third-order valence-corrected chi connectivity index (χ3v) is 6.14. The fraction of sp³-hybridized carbons (Fsp3) is 0.250. The monoisotopic (exact) mass is 366 g/mol. The minimum absolute atomic E-state index is 0.0310. The van der Waals surface area contributed by atoms with Crippen LogP contribution in [-0.4, -0.2) is 25.6 Å². The van der Waals surface area contributed by atoms with Crippen molar-refractivity contribution in [2.75, 3.05) is 17.2 Å². The van der Waals surface area contributed by atoms with E-state index in [1.807, 2.05) is 4.90 Å². The van der Waals surface area contributed by atoms with Gasteiger partial charge in [-0.2, -0.15) is 0 Å². The Hall–Kier alpha value is -2.12. The number of non-ortho nitro benzene ring substituents is 1. The van der Waals surface area contributed by atoms with Gasteiger partial charge in [0, 0.05) is 25.2 Å². The molecule has 0 atom stereocenters. The maximum Gasteiger partial charge on any atom is 0.271 e. The van der Waals surface area contributed by atoms with E-state index in [9.17, 15) is 18.5 Å². The molecule has 0 fully saturated rings. The minimum Gasteiger partial charge on any atom is -0.365 e. The van der Waals surface area contributed by atoms with Crippen LogP contribution in [0.15, 0.2) is 41.3 Å². The molecule has 0 aromatic heterocycles. The predicted molar refractivity (Wildman–Crippen MR) is 92.4 cm³/mol. The number of nitrogens with zero attached hydrogens (tertiary/aromatic N) is 2. The van der Waals surface area contributed by atoms with E-state index in [0.29, 0.717) is 28.3 Å². The van der Waals surface area contributed by atoms with Gasteiger partial charge < -0.3 is 4.90 Å².